The van der Waals surface area contributed by atoms with E-state index in [-0.39, 0.29) is 12.2 Å². The van der Waals surface area contributed by atoms with Crippen LogP contribution in [0.4, 0.5) is 20.2 Å². The number of nitro groups is 1. The molecule has 0 heterocycles. The molecule has 0 unspecified atom stereocenters. The van der Waals surface area contributed by atoms with E-state index in [0.29, 0.717) is 11.3 Å². The molecule has 0 aliphatic carbocycles. The Morgan fingerprint density at radius 2 is 1.76 bits per heavy atom. The zero-order valence-corrected chi connectivity index (χ0v) is 11.6. The molecular weight excluding hydrogens is 278 g/mol. The molecule has 6 heteroatoms. The Balaban J connectivity index is 2.24. The summed E-state index contributed by atoms with van der Waals surface area (Å²) in [5.41, 5.74) is 2.54. The zero-order valence-electron chi connectivity index (χ0n) is 11.6. The van der Waals surface area contributed by atoms with Crippen molar-refractivity contribution in [2.24, 2.45) is 0 Å². The standard InChI is InChI=1S/C15H14F2N2O2/c1-9-5-14(15(19(20)21)6-10(9)2)18-8-11-3-4-12(16)13(17)7-11/h3-7,18H,8H2,1-2H3. The van der Waals surface area contributed by atoms with Crippen LogP contribution in [0.25, 0.3) is 0 Å². The van der Waals surface area contributed by atoms with E-state index >= 15 is 0 Å². The lowest BCUT2D eigenvalue weighted by Gasteiger charge is -2.10. The summed E-state index contributed by atoms with van der Waals surface area (Å²) in [7, 11) is 0. The number of benzene rings is 2. The second kappa shape index (κ2) is 5.87. The predicted octanol–water partition coefficient (Wildman–Crippen LogP) is 4.10. The van der Waals surface area contributed by atoms with E-state index in [2.05, 4.69) is 5.32 Å². The topological polar surface area (TPSA) is 55.2 Å². The minimum atomic E-state index is -0.941. The van der Waals surface area contributed by atoms with Gasteiger partial charge in [-0.1, -0.05) is 6.07 Å². The molecule has 0 saturated carbocycles. The molecule has 0 aliphatic rings. The highest BCUT2D eigenvalue weighted by Gasteiger charge is 2.15. The number of hydrogen-bond acceptors (Lipinski definition) is 3. The van der Waals surface area contributed by atoms with Crippen LogP contribution in [0.15, 0.2) is 30.3 Å². The smallest absolute Gasteiger partial charge is 0.292 e. The van der Waals surface area contributed by atoms with Crippen LogP contribution in [0.1, 0.15) is 16.7 Å². The van der Waals surface area contributed by atoms with Crippen molar-refractivity contribution in [3.8, 4) is 0 Å². The Hall–Kier alpha value is -2.50. The fraction of sp³-hybridized carbons (Fsp3) is 0.200. The normalized spacial score (nSPS) is 10.5. The number of hydrogen-bond donors (Lipinski definition) is 1. The molecule has 4 nitrogen and oxygen atoms in total. The highest BCUT2D eigenvalue weighted by atomic mass is 19.2. The Kier molecular flexibility index (Phi) is 4.16. The van der Waals surface area contributed by atoms with Gasteiger partial charge in [0.25, 0.3) is 5.69 Å². The summed E-state index contributed by atoms with van der Waals surface area (Å²) in [5, 5.41) is 13.9. The monoisotopic (exact) mass is 292 g/mol. The van der Waals surface area contributed by atoms with Crippen molar-refractivity contribution in [3.05, 3.63) is 68.8 Å². The summed E-state index contributed by atoms with van der Waals surface area (Å²) < 4.78 is 26.0. The SMILES string of the molecule is Cc1cc(NCc2ccc(F)c(F)c2)c([N+](=O)[O-])cc1C. The van der Waals surface area contributed by atoms with Crippen molar-refractivity contribution < 1.29 is 13.7 Å². The van der Waals surface area contributed by atoms with Crippen molar-refractivity contribution in [3.63, 3.8) is 0 Å². The van der Waals surface area contributed by atoms with Gasteiger partial charge >= 0.3 is 0 Å². The molecule has 0 saturated heterocycles. The summed E-state index contributed by atoms with van der Waals surface area (Å²) in [6.07, 6.45) is 0. The van der Waals surface area contributed by atoms with E-state index in [9.17, 15) is 18.9 Å². The third-order valence-electron chi connectivity index (χ3n) is 3.28. The molecule has 110 valence electrons. The predicted molar refractivity (Wildman–Crippen MR) is 76.3 cm³/mol. The van der Waals surface area contributed by atoms with Gasteiger partial charge in [0.15, 0.2) is 11.6 Å². The molecule has 0 aromatic heterocycles. The Labute approximate surface area is 120 Å². The molecule has 0 atom stereocenters. The maximum absolute atomic E-state index is 13.1. The lowest BCUT2D eigenvalue weighted by Crippen LogP contribution is -2.04. The number of halogens is 2. The third-order valence-corrected chi connectivity index (χ3v) is 3.28. The average Bonchev–Trinajstić information content (AvgIpc) is 2.43. The van der Waals surface area contributed by atoms with E-state index in [1.54, 1.807) is 13.0 Å². The Morgan fingerprint density at radius 1 is 1.10 bits per heavy atom. The molecule has 0 radical (unpaired) electrons. The molecule has 0 spiro atoms. The molecule has 0 aliphatic heterocycles. The van der Waals surface area contributed by atoms with Gasteiger partial charge in [-0.3, -0.25) is 10.1 Å². The summed E-state index contributed by atoms with van der Waals surface area (Å²) in [5.74, 6) is -1.86. The number of nitrogens with zero attached hydrogens (tertiary/aromatic N) is 1. The van der Waals surface area contributed by atoms with Crippen molar-refractivity contribution >= 4 is 11.4 Å². The second-order valence-electron chi connectivity index (χ2n) is 4.81. The summed E-state index contributed by atoms with van der Waals surface area (Å²) >= 11 is 0. The summed E-state index contributed by atoms with van der Waals surface area (Å²) in [4.78, 5) is 10.6. The van der Waals surface area contributed by atoms with Gasteiger partial charge in [0.05, 0.1) is 4.92 Å². The highest BCUT2D eigenvalue weighted by Crippen LogP contribution is 2.28. The molecule has 0 bridgehead atoms. The summed E-state index contributed by atoms with van der Waals surface area (Å²) in [6.45, 7) is 3.81. The van der Waals surface area contributed by atoms with Gasteiger partial charge in [-0.15, -0.1) is 0 Å². The second-order valence-corrected chi connectivity index (χ2v) is 4.81. The van der Waals surface area contributed by atoms with Crippen LogP contribution in [-0.4, -0.2) is 4.92 Å². The first kappa shape index (κ1) is 14.9. The molecule has 21 heavy (non-hydrogen) atoms. The lowest BCUT2D eigenvalue weighted by molar-refractivity contribution is -0.384. The summed E-state index contributed by atoms with van der Waals surface area (Å²) in [6, 6.07) is 6.69. The fourth-order valence-electron chi connectivity index (χ4n) is 1.94. The number of nitrogens with one attached hydrogen (secondary N) is 1. The molecule has 2 aromatic rings. The Bertz CT molecular complexity index is 702. The number of nitro benzene ring substituents is 1. The van der Waals surface area contributed by atoms with Gasteiger partial charge in [0.1, 0.15) is 5.69 Å². The maximum atomic E-state index is 13.1. The Morgan fingerprint density at radius 3 is 2.38 bits per heavy atom. The van der Waals surface area contributed by atoms with E-state index in [0.717, 1.165) is 23.3 Å². The van der Waals surface area contributed by atoms with Gasteiger partial charge in [0.2, 0.25) is 0 Å². The first-order valence-corrected chi connectivity index (χ1v) is 6.32. The van der Waals surface area contributed by atoms with Crippen molar-refractivity contribution in [2.75, 3.05) is 5.32 Å². The average molecular weight is 292 g/mol. The molecule has 0 fully saturated rings. The minimum absolute atomic E-state index is 0.0410. The molecule has 1 N–H and O–H groups in total. The third kappa shape index (κ3) is 3.34. The largest absolute Gasteiger partial charge is 0.375 e. The maximum Gasteiger partial charge on any atom is 0.292 e. The van der Waals surface area contributed by atoms with Crippen LogP contribution in [0.2, 0.25) is 0 Å². The van der Waals surface area contributed by atoms with Gasteiger partial charge in [-0.2, -0.15) is 0 Å². The van der Waals surface area contributed by atoms with Crippen LogP contribution in [-0.2, 0) is 6.54 Å². The van der Waals surface area contributed by atoms with E-state index < -0.39 is 16.6 Å². The van der Waals surface area contributed by atoms with E-state index in [1.807, 2.05) is 6.92 Å². The van der Waals surface area contributed by atoms with Crippen LogP contribution in [0.5, 0.6) is 0 Å². The molecule has 2 aromatic carbocycles. The van der Waals surface area contributed by atoms with Crippen LogP contribution < -0.4 is 5.32 Å². The highest BCUT2D eigenvalue weighted by molar-refractivity contribution is 5.64. The zero-order chi connectivity index (χ0) is 15.6. The van der Waals surface area contributed by atoms with Gasteiger partial charge in [0, 0.05) is 12.6 Å². The van der Waals surface area contributed by atoms with Gasteiger partial charge < -0.3 is 5.32 Å². The fourth-order valence-corrected chi connectivity index (χ4v) is 1.94. The van der Waals surface area contributed by atoms with Crippen LogP contribution in [0.3, 0.4) is 0 Å². The molecule has 0 amide bonds. The minimum Gasteiger partial charge on any atom is -0.375 e. The quantitative estimate of drug-likeness (QED) is 0.681. The van der Waals surface area contributed by atoms with Crippen molar-refractivity contribution in [1.29, 1.82) is 0 Å². The molecular formula is C15H14F2N2O2. The van der Waals surface area contributed by atoms with Crippen molar-refractivity contribution in [1.82, 2.24) is 0 Å². The lowest BCUT2D eigenvalue weighted by atomic mass is 10.1. The first-order valence-electron chi connectivity index (χ1n) is 6.32. The van der Waals surface area contributed by atoms with Crippen LogP contribution >= 0.6 is 0 Å². The number of aryl methyl sites for hydroxylation is 2. The molecule has 2 rings (SSSR count). The van der Waals surface area contributed by atoms with Gasteiger partial charge in [-0.05, 0) is 48.7 Å². The number of anilines is 1. The first-order chi connectivity index (χ1) is 9.88. The van der Waals surface area contributed by atoms with Crippen molar-refractivity contribution in [2.45, 2.75) is 20.4 Å². The van der Waals surface area contributed by atoms with Crippen LogP contribution in [0, 0.1) is 35.6 Å². The van der Waals surface area contributed by atoms with E-state index in [1.165, 1.54) is 12.1 Å². The van der Waals surface area contributed by atoms with Gasteiger partial charge in [-0.25, -0.2) is 8.78 Å². The van der Waals surface area contributed by atoms with E-state index in [4.69, 9.17) is 0 Å². The number of rotatable bonds is 4.